The molecule has 0 fully saturated rings. The summed E-state index contributed by atoms with van der Waals surface area (Å²) in [5.74, 6) is 0. The van der Waals surface area contributed by atoms with E-state index in [-0.39, 0.29) is 0 Å². The van der Waals surface area contributed by atoms with Gasteiger partial charge in [0.25, 0.3) is 0 Å². The molecule has 0 aliphatic heterocycles. The Morgan fingerprint density at radius 1 is 1.33 bits per heavy atom. The molecule has 0 unspecified atom stereocenters. The van der Waals surface area contributed by atoms with Gasteiger partial charge < -0.3 is 5.32 Å². The van der Waals surface area contributed by atoms with Crippen molar-refractivity contribution in [3.05, 3.63) is 39.6 Å². The number of rotatable bonds is 4. The molecule has 0 spiro atoms. The van der Waals surface area contributed by atoms with Gasteiger partial charge in [-0.2, -0.15) is 5.10 Å². The Kier molecular flexibility index (Phi) is 4.40. The fourth-order valence-corrected chi connectivity index (χ4v) is 2.50. The minimum atomic E-state index is 0.480. The highest BCUT2D eigenvalue weighted by Crippen LogP contribution is 2.26. The van der Waals surface area contributed by atoms with Gasteiger partial charge >= 0.3 is 0 Å². The zero-order valence-electron chi connectivity index (χ0n) is 10.9. The van der Waals surface area contributed by atoms with Crippen LogP contribution in [0.2, 0.25) is 0 Å². The zero-order valence-corrected chi connectivity index (χ0v) is 13.1. The quantitative estimate of drug-likeness (QED) is 0.854. The van der Waals surface area contributed by atoms with Gasteiger partial charge in [0.1, 0.15) is 0 Å². The molecule has 0 bridgehead atoms. The van der Waals surface area contributed by atoms with Crippen LogP contribution in [0.3, 0.4) is 0 Å². The lowest BCUT2D eigenvalue weighted by atomic mass is 10.1. The van der Waals surface area contributed by atoms with Crippen LogP contribution < -0.4 is 5.32 Å². The van der Waals surface area contributed by atoms with E-state index in [0.717, 1.165) is 12.2 Å². The summed E-state index contributed by atoms with van der Waals surface area (Å²) in [6.07, 6.45) is 2.09. The third-order valence-corrected chi connectivity index (χ3v) is 3.67. The highest BCUT2D eigenvalue weighted by molar-refractivity contribution is 14.1. The maximum absolute atomic E-state index is 4.59. The molecule has 96 valence electrons. The van der Waals surface area contributed by atoms with Crippen LogP contribution in [0.1, 0.15) is 19.4 Å². The molecule has 1 N–H and O–H groups in total. The maximum atomic E-state index is 4.59. The summed E-state index contributed by atoms with van der Waals surface area (Å²) in [5, 5.41) is 8.04. The van der Waals surface area contributed by atoms with Gasteiger partial charge in [-0.1, -0.05) is 32.0 Å². The Labute approximate surface area is 122 Å². The van der Waals surface area contributed by atoms with Crippen molar-refractivity contribution in [3.8, 4) is 11.3 Å². The Morgan fingerprint density at radius 2 is 2.06 bits per heavy atom. The van der Waals surface area contributed by atoms with Crippen molar-refractivity contribution in [2.45, 2.75) is 26.4 Å². The van der Waals surface area contributed by atoms with Gasteiger partial charge in [-0.05, 0) is 28.7 Å². The first-order chi connectivity index (χ1) is 8.58. The molecule has 0 saturated heterocycles. The smallest absolute Gasteiger partial charge is 0.0978 e. The average molecular weight is 355 g/mol. The summed E-state index contributed by atoms with van der Waals surface area (Å²) in [4.78, 5) is 0. The monoisotopic (exact) mass is 355 g/mol. The Morgan fingerprint density at radius 3 is 2.72 bits per heavy atom. The number of nitrogens with one attached hydrogen (secondary N) is 1. The highest BCUT2D eigenvalue weighted by Gasteiger charge is 2.12. The van der Waals surface area contributed by atoms with Gasteiger partial charge in [0.05, 0.1) is 5.69 Å². The number of halogens is 1. The number of benzene rings is 1. The van der Waals surface area contributed by atoms with Crippen LogP contribution in [0.5, 0.6) is 0 Å². The summed E-state index contributed by atoms with van der Waals surface area (Å²) in [6.45, 7) is 5.16. The van der Waals surface area contributed by atoms with Crippen molar-refractivity contribution in [1.29, 1.82) is 0 Å². The van der Waals surface area contributed by atoms with E-state index < -0.39 is 0 Å². The van der Waals surface area contributed by atoms with E-state index in [1.807, 2.05) is 11.7 Å². The second kappa shape index (κ2) is 5.84. The summed E-state index contributed by atoms with van der Waals surface area (Å²) in [6, 6.07) is 8.84. The second-order valence-corrected chi connectivity index (χ2v) is 5.85. The standard InChI is InChI=1S/C14H18IN3/c1-10(2)16-8-11-9-18(3)17-14(11)12-6-4-5-7-13(12)15/h4-7,9-10,16H,8H2,1-3H3. The minimum Gasteiger partial charge on any atom is -0.310 e. The van der Waals surface area contributed by atoms with Gasteiger partial charge in [-0.15, -0.1) is 0 Å². The van der Waals surface area contributed by atoms with Gasteiger partial charge in [-0.25, -0.2) is 0 Å². The molecule has 1 aromatic carbocycles. The lowest BCUT2D eigenvalue weighted by Gasteiger charge is -2.08. The molecule has 0 amide bonds. The highest BCUT2D eigenvalue weighted by atomic mass is 127. The SMILES string of the molecule is CC(C)NCc1cn(C)nc1-c1ccccc1I. The molecule has 3 nitrogen and oxygen atoms in total. The first-order valence-electron chi connectivity index (χ1n) is 6.08. The first-order valence-corrected chi connectivity index (χ1v) is 7.16. The molecule has 0 aliphatic rings. The van der Waals surface area contributed by atoms with Crippen molar-refractivity contribution in [2.24, 2.45) is 7.05 Å². The molecule has 2 rings (SSSR count). The Hall–Kier alpha value is -0.880. The van der Waals surface area contributed by atoms with E-state index in [2.05, 4.69) is 77.3 Å². The van der Waals surface area contributed by atoms with E-state index in [1.54, 1.807) is 0 Å². The maximum Gasteiger partial charge on any atom is 0.0978 e. The van der Waals surface area contributed by atoms with Crippen LogP contribution in [0, 0.1) is 3.57 Å². The van der Waals surface area contributed by atoms with Crippen LogP contribution in [0.25, 0.3) is 11.3 Å². The summed E-state index contributed by atoms with van der Waals surface area (Å²) >= 11 is 2.36. The van der Waals surface area contributed by atoms with Gasteiger partial charge in [-0.3, -0.25) is 4.68 Å². The molecule has 0 radical (unpaired) electrons. The number of hydrogen-bond donors (Lipinski definition) is 1. The lowest BCUT2D eigenvalue weighted by Crippen LogP contribution is -2.21. The van der Waals surface area contributed by atoms with Crippen LogP contribution in [0.15, 0.2) is 30.5 Å². The average Bonchev–Trinajstić information content (AvgIpc) is 2.68. The molecule has 18 heavy (non-hydrogen) atoms. The van der Waals surface area contributed by atoms with Crippen LogP contribution in [-0.2, 0) is 13.6 Å². The van der Waals surface area contributed by atoms with Crippen molar-refractivity contribution in [1.82, 2.24) is 15.1 Å². The normalized spacial score (nSPS) is 11.2. The summed E-state index contributed by atoms with van der Waals surface area (Å²) in [5.41, 5.74) is 3.53. The first kappa shape index (κ1) is 13.5. The third-order valence-electron chi connectivity index (χ3n) is 2.73. The van der Waals surface area contributed by atoms with Crippen LogP contribution in [-0.4, -0.2) is 15.8 Å². The lowest BCUT2D eigenvalue weighted by molar-refractivity contribution is 0.589. The van der Waals surface area contributed by atoms with E-state index in [4.69, 9.17) is 0 Å². The molecule has 0 saturated carbocycles. The minimum absolute atomic E-state index is 0.480. The molecule has 0 aliphatic carbocycles. The van der Waals surface area contributed by atoms with Crippen LogP contribution in [0.4, 0.5) is 0 Å². The van der Waals surface area contributed by atoms with Crippen LogP contribution >= 0.6 is 22.6 Å². The van der Waals surface area contributed by atoms with Gasteiger partial charge in [0, 0.05) is 40.5 Å². The van der Waals surface area contributed by atoms with Gasteiger partial charge in [0.2, 0.25) is 0 Å². The van der Waals surface area contributed by atoms with Gasteiger partial charge in [0.15, 0.2) is 0 Å². The van der Waals surface area contributed by atoms with E-state index >= 15 is 0 Å². The fourth-order valence-electron chi connectivity index (χ4n) is 1.86. The largest absolute Gasteiger partial charge is 0.310 e. The number of nitrogens with zero attached hydrogens (tertiary/aromatic N) is 2. The van der Waals surface area contributed by atoms with Crippen molar-refractivity contribution >= 4 is 22.6 Å². The molecular formula is C14H18IN3. The number of hydrogen-bond acceptors (Lipinski definition) is 2. The third kappa shape index (κ3) is 3.11. The molecule has 1 aromatic heterocycles. The predicted octanol–water partition coefficient (Wildman–Crippen LogP) is 3.19. The Balaban J connectivity index is 2.36. The summed E-state index contributed by atoms with van der Waals surface area (Å²) < 4.78 is 3.12. The summed E-state index contributed by atoms with van der Waals surface area (Å²) in [7, 11) is 1.97. The second-order valence-electron chi connectivity index (χ2n) is 4.69. The van der Waals surface area contributed by atoms with E-state index in [9.17, 15) is 0 Å². The van der Waals surface area contributed by atoms with Crippen molar-refractivity contribution in [3.63, 3.8) is 0 Å². The van der Waals surface area contributed by atoms with E-state index in [0.29, 0.717) is 6.04 Å². The predicted molar refractivity (Wildman–Crippen MR) is 83.3 cm³/mol. The topological polar surface area (TPSA) is 29.9 Å². The molecule has 2 aromatic rings. The number of aromatic nitrogens is 2. The zero-order chi connectivity index (χ0) is 13.1. The molecule has 0 atom stereocenters. The Bertz CT molecular complexity index is 532. The number of aryl methyl sites for hydroxylation is 1. The molecular weight excluding hydrogens is 337 g/mol. The molecule has 4 heteroatoms. The van der Waals surface area contributed by atoms with Crippen molar-refractivity contribution < 1.29 is 0 Å². The van der Waals surface area contributed by atoms with E-state index in [1.165, 1.54) is 14.7 Å². The molecule has 1 heterocycles. The van der Waals surface area contributed by atoms with Crippen molar-refractivity contribution in [2.75, 3.05) is 0 Å². The fraction of sp³-hybridized carbons (Fsp3) is 0.357.